The Morgan fingerprint density at radius 1 is 1.33 bits per heavy atom. The third kappa shape index (κ3) is 4.79. The van der Waals surface area contributed by atoms with Crippen molar-refractivity contribution in [2.75, 3.05) is 6.54 Å². The molecule has 0 aromatic heterocycles. The van der Waals surface area contributed by atoms with Gasteiger partial charge in [-0.1, -0.05) is 33.3 Å². The molecule has 2 rings (SSSR count). The number of nitrogens with two attached hydrogens (primary N) is 1. The van der Waals surface area contributed by atoms with Gasteiger partial charge in [-0.25, -0.2) is 0 Å². The highest BCUT2D eigenvalue weighted by Crippen LogP contribution is 2.38. The summed E-state index contributed by atoms with van der Waals surface area (Å²) < 4.78 is 0. The smallest absolute Gasteiger partial charge is 0.227 e. The maximum absolute atomic E-state index is 12.9. The number of amides is 1. The van der Waals surface area contributed by atoms with Gasteiger partial charge in [0.15, 0.2) is 5.78 Å². The average Bonchev–Trinajstić information content (AvgIpc) is 2.56. The molecule has 3 atom stereocenters. The summed E-state index contributed by atoms with van der Waals surface area (Å²) >= 11 is 0. The van der Waals surface area contributed by atoms with Gasteiger partial charge in [-0.3, -0.25) is 9.59 Å². The fraction of sp³-hybridized carbons (Fsp3) is 0.700. The van der Waals surface area contributed by atoms with E-state index in [1.807, 2.05) is 6.08 Å². The van der Waals surface area contributed by atoms with Crippen molar-refractivity contribution in [1.82, 2.24) is 5.32 Å². The SMILES string of the molecule is CC(C)C1CC[C@@H](C)C[C@H]1C(=O)NC1=C(CC(=O)CN)CCC=C1. The summed E-state index contributed by atoms with van der Waals surface area (Å²) in [5.74, 6) is 1.79. The van der Waals surface area contributed by atoms with Crippen LogP contribution in [0.2, 0.25) is 0 Å². The molecule has 24 heavy (non-hydrogen) atoms. The first kappa shape index (κ1) is 18.9. The summed E-state index contributed by atoms with van der Waals surface area (Å²) in [4.78, 5) is 24.6. The zero-order valence-electron chi connectivity index (χ0n) is 15.3. The monoisotopic (exact) mass is 332 g/mol. The lowest BCUT2D eigenvalue weighted by atomic mass is 9.69. The number of ketones is 1. The first-order valence-electron chi connectivity index (χ1n) is 9.33. The van der Waals surface area contributed by atoms with E-state index in [9.17, 15) is 9.59 Å². The van der Waals surface area contributed by atoms with Gasteiger partial charge in [0.1, 0.15) is 0 Å². The van der Waals surface area contributed by atoms with Crippen LogP contribution in [0.15, 0.2) is 23.4 Å². The predicted octanol–water partition coefficient (Wildman–Crippen LogP) is 3.33. The molecule has 0 heterocycles. The molecule has 3 N–H and O–H groups in total. The molecule has 2 aliphatic carbocycles. The van der Waals surface area contributed by atoms with Crippen LogP contribution in [0, 0.1) is 23.7 Å². The van der Waals surface area contributed by atoms with Gasteiger partial charge in [-0.15, -0.1) is 0 Å². The van der Waals surface area contributed by atoms with Crippen LogP contribution in [0.4, 0.5) is 0 Å². The van der Waals surface area contributed by atoms with Crippen molar-refractivity contribution in [2.24, 2.45) is 29.4 Å². The second kappa shape index (κ2) is 8.61. The number of carbonyl (C=O) groups is 2. The highest BCUT2D eigenvalue weighted by molar-refractivity contribution is 5.84. The molecule has 0 bridgehead atoms. The lowest BCUT2D eigenvalue weighted by Gasteiger charge is -2.36. The van der Waals surface area contributed by atoms with Crippen molar-refractivity contribution in [1.29, 1.82) is 0 Å². The second-order valence-corrected chi connectivity index (χ2v) is 7.80. The standard InChI is InChI=1S/C20H32N2O2/c1-13(2)17-9-8-14(3)10-18(17)20(24)22-19-7-5-4-6-15(19)11-16(23)12-21/h5,7,13-14,17-18H,4,6,8-12,21H2,1-3H3,(H,22,24)/t14-,17?,18-/m1/s1. The van der Waals surface area contributed by atoms with Crippen molar-refractivity contribution in [3.05, 3.63) is 23.4 Å². The Morgan fingerprint density at radius 3 is 2.75 bits per heavy atom. The molecule has 1 unspecified atom stereocenters. The molecule has 0 radical (unpaired) electrons. The minimum Gasteiger partial charge on any atom is -0.326 e. The number of nitrogens with one attached hydrogen (secondary N) is 1. The van der Waals surface area contributed by atoms with E-state index in [4.69, 9.17) is 5.73 Å². The third-order valence-electron chi connectivity index (χ3n) is 5.53. The zero-order chi connectivity index (χ0) is 17.7. The Kier molecular flexibility index (Phi) is 6.79. The van der Waals surface area contributed by atoms with Crippen LogP contribution >= 0.6 is 0 Å². The number of hydrogen-bond donors (Lipinski definition) is 2. The molecule has 1 amide bonds. The minimum atomic E-state index is 0.0263. The summed E-state index contributed by atoms with van der Waals surface area (Å²) in [6.45, 7) is 6.73. The van der Waals surface area contributed by atoms with E-state index in [1.54, 1.807) is 0 Å². The Balaban J connectivity index is 2.12. The maximum Gasteiger partial charge on any atom is 0.227 e. The lowest BCUT2D eigenvalue weighted by Crippen LogP contribution is -2.40. The fourth-order valence-electron chi connectivity index (χ4n) is 4.06. The Bertz CT molecular complexity index is 534. The van der Waals surface area contributed by atoms with Crippen molar-refractivity contribution >= 4 is 11.7 Å². The van der Waals surface area contributed by atoms with Crippen LogP contribution < -0.4 is 11.1 Å². The van der Waals surface area contributed by atoms with E-state index in [0.717, 1.165) is 37.0 Å². The molecule has 0 spiro atoms. The van der Waals surface area contributed by atoms with Gasteiger partial charge in [0, 0.05) is 18.0 Å². The van der Waals surface area contributed by atoms with Crippen molar-refractivity contribution < 1.29 is 9.59 Å². The number of hydrogen-bond acceptors (Lipinski definition) is 3. The molecule has 0 aromatic carbocycles. The van der Waals surface area contributed by atoms with E-state index in [-0.39, 0.29) is 24.2 Å². The molecule has 2 aliphatic rings. The molecule has 134 valence electrons. The Labute approximate surface area is 145 Å². The molecule has 0 saturated heterocycles. The highest BCUT2D eigenvalue weighted by atomic mass is 16.2. The van der Waals surface area contributed by atoms with Crippen LogP contribution in [-0.2, 0) is 9.59 Å². The zero-order valence-corrected chi connectivity index (χ0v) is 15.3. The Hall–Kier alpha value is -1.42. The molecule has 1 fully saturated rings. The summed E-state index contributed by atoms with van der Waals surface area (Å²) in [5.41, 5.74) is 7.29. The van der Waals surface area contributed by atoms with Gasteiger partial charge in [0.05, 0.1) is 6.54 Å². The minimum absolute atomic E-state index is 0.0263. The second-order valence-electron chi connectivity index (χ2n) is 7.80. The van der Waals surface area contributed by atoms with Gasteiger partial charge in [0.2, 0.25) is 5.91 Å². The van der Waals surface area contributed by atoms with E-state index in [0.29, 0.717) is 24.2 Å². The molecule has 0 aromatic rings. The number of rotatable bonds is 6. The van der Waals surface area contributed by atoms with Crippen molar-refractivity contribution in [3.8, 4) is 0 Å². The predicted molar refractivity (Wildman–Crippen MR) is 97.1 cm³/mol. The quantitative estimate of drug-likeness (QED) is 0.783. The summed E-state index contributed by atoms with van der Waals surface area (Å²) in [6.07, 6.45) is 9.42. The number of allylic oxidation sites excluding steroid dienone is 3. The third-order valence-corrected chi connectivity index (χ3v) is 5.53. The average molecular weight is 332 g/mol. The lowest BCUT2D eigenvalue weighted by molar-refractivity contribution is -0.128. The molecule has 1 saturated carbocycles. The van der Waals surface area contributed by atoms with E-state index in [2.05, 4.69) is 32.2 Å². The molecule has 4 heteroatoms. The normalized spacial score (nSPS) is 27.5. The first-order valence-corrected chi connectivity index (χ1v) is 9.33. The molecule has 4 nitrogen and oxygen atoms in total. The fourth-order valence-corrected chi connectivity index (χ4v) is 4.06. The van der Waals surface area contributed by atoms with Crippen LogP contribution in [0.3, 0.4) is 0 Å². The maximum atomic E-state index is 12.9. The van der Waals surface area contributed by atoms with Crippen molar-refractivity contribution in [2.45, 2.75) is 59.3 Å². The summed E-state index contributed by atoms with van der Waals surface area (Å²) in [5, 5.41) is 3.13. The van der Waals surface area contributed by atoms with Gasteiger partial charge in [0.25, 0.3) is 0 Å². The largest absolute Gasteiger partial charge is 0.326 e. The molecular weight excluding hydrogens is 300 g/mol. The van der Waals surface area contributed by atoms with Gasteiger partial charge < -0.3 is 11.1 Å². The van der Waals surface area contributed by atoms with Crippen LogP contribution in [-0.4, -0.2) is 18.2 Å². The number of carbonyl (C=O) groups excluding carboxylic acids is 2. The topological polar surface area (TPSA) is 72.2 Å². The van der Waals surface area contributed by atoms with Crippen LogP contribution in [0.5, 0.6) is 0 Å². The Morgan fingerprint density at radius 2 is 2.08 bits per heavy atom. The first-order chi connectivity index (χ1) is 11.4. The molecule has 0 aliphatic heterocycles. The summed E-state index contributed by atoms with van der Waals surface area (Å²) in [6, 6.07) is 0. The summed E-state index contributed by atoms with van der Waals surface area (Å²) in [7, 11) is 0. The van der Waals surface area contributed by atoms with Gasteiger partial charge >= 0.3 is 0 Å². The van der Waals surface area contributed by atoms with Crippen molar-refractivity contribution in [3.63, 3.8) is 0 Å². The van der Waals surface area contributed by atoms with E-state index in [1.165, 1.54) is 6.42 Å². The van der Waals surface area contributed by atoms with Crippen LogP contribution in [0.1, 0.15) is 59.3 Å². The van der Waals surface area contributed by atoms with Gasteiger partial charge in [-0.2, -0.15) is 0 Å². The van der Waals surface area contributed by atoms with Gasteiger partial charge in [-0.05, 0) is 55.1 Å². The number of Topliss-reactive ketones (excluding diaryl/α,β-unsaturated/α-hetero) is 1. The molecular formula is C20H32N2O2. The van der Waals surface area contributed by atoms with Crippen LogP contribution in [0.25, 0.3) is 0 Å². The van der Waals surface area contributed by atoms with E-state index >= 15 is 0 Å². The van der Waals surface area contributed by atoms with E-state index < -0.39 is 0 Å². The highest BCUT2D eigenvalue weighted by Gasteiger charge is 2.35.